The highest BCUT2D eigenvalue weighted by atomic mass is 32.1. The summed E-state index contributed by atoms with van der Waals surface area (Å²) in [5.74, 6) is 0.277. The first kappa shape index (κ1) is 21.5. The minimum atomic E-state index is -0.302. The number of hydrogen-bond donors (Lipinski definition) is 3. The molecule has 3 N–H and O–H groups in total. The maximum Gasteiger partial charge on any atom is 0.273 e. The fourth-order valence-corrected chi connectivity index (χ4v) is 3.14. The normalized spacial score (nSPS) is 10.7. The van der Waals surface area contributed by atoms with Crippen molar-refractivity contribution < 1.29 is 4.79 Å². The molecule has 0 fully saturated rings. The summed E-state index contributed by atoms with van der Waals surface area (Å²) in [6, 6.07) is 17.6. The van der Waals surface area contributed by atoms with Crippen molar-refractivity contribution in [1.29, 1.82) is 0 Å². The molecule has 0 aliphatic carbocycles. The Balaban J connectivity index is 1.82. The van der Waals surface area contributed by atoms with Gasteiger partial charge < -0.3 is 5.32 Å². The van der Waals surface area contributed by atoms with Gasteiger partial charge in [0.2, 0.25) is 0 Å². The van der Waals surface area contributed by atoms with Crippen molar-refractivity contribution in [3.05, 3.63) is 71.9 Å². The number of nitrogens with one attached hydrogen (secondary N) is 3. The summed E-state index contributed by atoms with van der Waals surface area (Å²) in [6.45, 7) is 7.05. The van der Waals surface area contributed by atoms with Crippen molar-refractivity contribution in [3.63, 3.8) is 0 Å². The fraction of sp³-hybridized carbons (Fsp3) is 0.261. The third kappa shape index (κ3) is 5.45. The van der Waals surface area contributed by atoms with E-state index in [-0.39, 0.29) is 5.91 Å². The smallest absolute Gasteiger partial charge is 0.273 e. The molecule has 156 valence electrons. The SMILES string of the molecule is Cc1ccccc1-c1nn(-c2ccccc2)cc1C(=O)NNC(=S)NCCC(C)C. The zero-order valence-corrected chi connectivity index (χ0v) is 18.3. The average Bonchev–Trinajstić information content (AvgIpc) is 3.18. The lowest BCUT2D eigenvalue weighted by atomic mass is 10.0. The van der Waals surface area contributed by atoms with E-state index in [2.05, 4.69) is 30.0 Å². The number of rotatable bonds is 6. The number of nitrogens with zero attached hydrogens (tertiary/aromatic N) is 2. The molecule has 1 amide bonds. The molecule has 3 aromatic rings. The Bertz CT molecular complexity index is 1010. The van der Waals surface area contributed by atoms with Crippen LogP contribution in [0.1, 0.15) is 36.2 Å². The summed E-state index contributed by atoms with van der Waals surface area (Å²) in [5, 5.41) is 8.19. The van der Waals surface area contributed by atoms with E-state index in [0.29, 0.717) is 22.3 Å². The molecule has 0 bridgehead atoms. The number of aromatic nitrogens is 2. The van der Waals surface area contributed by atoms with E-state index in [1.165, 1.54) is 0 Å². The van der Waals surface area contributed by atoms with Gasteiger partial charge in [-0.2, -0.15) is 5.10 Å². The number of benzene rings is 2. The van der Waals surface area contributed by atoms with Gasteiger partial charge in [0.25, 0.3) is 5.91 Å². The molecule has 3 rings (SSSR count). The molecule has 1 heterocycles. The van der Waals surface area contributed by atoms with E-state index in [9.17, 15) is 4.79 Å². The van der Waals surface area contributed by atoms with Gasteiger partial charge >= 0.3 is 0 Å². The van der Waals surface area contributed by atoms with Crippen molar-refractivity contribution in [2.45, 2.75) is 27.2 Å². The Morgan fingerprint density at radius 3 is 2.47 bits per heavy atom. The molecule has 0 spiro atoms. The van der Waals surface area contributed by atoms with Crippen LogP contribution >= 0.6 is 12.2 Å². The van der Waals surface area contributed by atoms with E-state index >= 15 is 0 Å². The first-order valence-corrected chi connectivity index (χ1v) is 10.4. The lowest BCUT2D eigenvalue weighted by molar-refractivity contribution is 0.0944. The van der Waals surface area contributed by atoms with Crippen LogP contribution in [-0.4, -0.2) is 27.3 Å². The summed E-state index contributed by atoms with van der Waals surface area (Å²) in [5.41, 5.74) is 9.39. The van der Waals surface area contributed by atoms with Crippen LogP contribution in [0.2, 0.25) is 0 Å². The highest BCUT2D eigenvalue weighted by Crippen LogP contribution is 2.26. The van der Waals surface area contributed by atoms with Gasteiger partial charge in [-0.05, 0) is 49.2 Å². The second-order valence-corrected chi connectivity index (χ2v) is 7.91. The lowest BCUT2D eigenvalue weighted by Crippen LogP contribution is -2.47. The van der Waals surface area contributed by atoms with Crippen LogP contribution in [0.5, 0.6) is 0 Å². The third-order valence-electron chi connectivity index (χ3n) is 4.68. The summed E-state index contributed by atoms with van der Waals surface area (Å²) in [4.78, 5) is 13.0. The average molecular weight is 422 g/mol. The Morgan fingerprint density at radius 1 is 1.07 bits per heavy atom. The van der Waals surface area contributed by atoms with E-state index in [4.69, 9.17) is 17.3 Å². The number of hydrogen-bond acceptors (Lipinski definition) is 3. The van der Waals surface area contributed by atoms with Crippen LogP contribution in [0.15, 0.2) is 60.8 Å². The molecule has 0 aliphatic heterocycles. The number of aryl methyl sites for hydroxylation is 1. The van der Waals surface area contributed by atoms with Crippen molar-refractivity contribution in [3.8, 4) is 16.9 Å². The number of thiocarbonyl (C=S) groups is 1. The van der Waals surface area contributed by atoms with Crippen LogP contribution in [0.25, 0.3) is 16.9 Å². The van der Waals surface area contributed by atoms with Crippen LogP contribution in [0, 0.1) is 12.8 Å². The Hall–Kier alpha value is -3.19. The first-order valence-electron chi connectivity index (χ1n) is 10.0. The van der Waals surface area contributed by atoms with Gasteiger partial charge in [0.1, 0.15) is 5.69 Å². The second kappa shape index (κ2) is 10.0. The Kier molecular flexibility index (Phi) is 7.19. The largest absolute Gasteiger partial charge is 0.361 e. The topological polar surface area (TPSA) is 71.0 Å². The summed E-state index contributed by atoms with van der Waals surface area (Å²) in [7, 11) is 0. The molecule has 0 aliphatic rings. The predicted octanol–water partition coefficient (Wildman–Crippen LogP) is 4.00. The monoisotopic (exact) mass is 421 g/mol. The highest BCUT2D eigenvalue weighted by molar-refractivity contribution is 7.80. The van der Waals surface area contributed by atoms with Crippen molar-refractivity contribution >= 4 is 23.2 Å². The van der Waals surface area contributed by atoms with E-state index < -0.39 is 0 Å². The number of carbonyl (C=O) groups excluding carboxylic acids is 1. The summed E-state index contributed by atoms with van der Waals surface area (Å²) in [6.07, 6.45) is 2.74. The number of hydrazine groups is 1. The van der Waals surface area contributed by atoms with Gasteiger partial charge in [0, 0.05) is 18.3 Å². The number of para-hydroxylation sites is 1. The number of carbonyl (C=O) groups is 1. The third-order valence-corrected chi connectivity index (χ3v) is 4.92. The van der Waals surface area contributed by atoms with Gasteiger partial charge in [-0.1, -0.05) is 56.3 Å². The molecule has 2 aromatic carbocycles. The van der Waals surface area contributed by atoms with E-state index in [0.717, 1.165) is 29.8 Å². The van der Waals surface area contributed by atoms with Crippen molar-refractivity contribution in [2.75, 3.05) is 6.54 Å². The van der Waals surface area contributed by atoms with Gasteiger partial charge in [-0.3, -0.25) is 15.6 Å². The molecular weight excluding hydrogens is 394 g/mol. The Morgan fingerprint density at radius 2 is 1.77 bits per heavy atom. The van der Waals surface area contributed by atoms with E-state index in [1.54, 1.807) is 10.9 Å². The van der Waals surface area contributed by atoms with Gasteiger partial charge in [-0.25, -0.2) is 4.68 Å². The van der Waals surface area contributed by atoms with Crippen molar-refractivity contribution in [1.82, 2.24) is 25.9 Å². The second-order valence-electron chi connectivity index (χ2n) is 7.50. The maximum atomic E-state index is 13.0. The quantitative estimate of drug-likeness (QED) is 0.414. The number of amides is 1. The molecule has 30 heavy (non-hydrogen) atoms. The first-order chi connectivity index (χ1) is 14.5. The molecule has 0 atom stereocenters. The minimum absolute atomic E-state index is 0.302. The summed E-state index contributed by atoms with van der Waals surface area (Å²) < 4.78 is 1.72. The van der Waals surface area contributed by atoms with Gasteiger partial charge in [0.15, 0.2) is 5.11 Å². The standard InChI is InChI=1S/C23H27N5OS/c1-16(2)13-14-24-23(30)26-25-22(29)20-15-28(18-10-5-4-6-11-18)27-21(20)19-12-8-7-9-17(19)3/h4-12,15-16H,13-14H2,1-3H3,(H,25,29)(H2,24,26,30). The van der Waals surface area contributed by atoms with Crippen LogP contribution in [0.4, 0.5) is 0 Å². The Labute approximate surface area is 182 Å². The highest BCUT2D eigenvalue weighted by Gasteiger charge is 2.20. The molecule has 1 aromatic heterocycles. The van der Waals surface area contributed by atoms with Crippen LogP contribution in [0.3, 0.4) is 0 Å². The minimum Gasteiger partial charge on any atom is -0.361 e. The van der Waals surface area contributed by atoms with Crippen LogP contribution in [-0.2, 0) is 0 Å². The lowest BCUT2D eigenvalue weighted by Gasteiger charge is -2.12. The van der Waals surface area contributed by atoms with Crippen LogP contribution < -0.4 is 16.2 Å². The van der Waals surface area contributed by atoms with Crippen molar-refractivity contribution in [2.24, 2.45) is 5.92 Å². The molecule has 0 unspecified atom stereocenters. The molecule has 6 nitrogen and oxygen atoms in total. The molecule has 0 radical (unpaired) electrons. The zero-order chi connectivity index (χ0) is 21.5. The molecule has 0 saturated heterocycles. The molecule has 0 saturated carbocycles. The molecular formula is C23H27N5OS. The van der Waals surface area contributed by atoms with Gasteiger partial charge in [0.05, 0.1) is 11.3 Å². The van der Waals surface area contributed by atoms with Gasteiger partial charge in [-0.15, -0.1) is 0 Å². The van der Waals surface area contributed by atoms with E-state index in [1.807, 2.05) is 61.5 Å². The molecule has 7 heteroatoms. The fourth-order valence-electron chi connectivity index (χ4n) is 2.99. The predicted molar refractivity (Wildman–Crippen MR) is 124 cm³/mol. The zero-order valence-electron chi connectivity index (χ0n) is 17.5. The maximum absolute atomic E-state index is 13.0. The summed E-state index contributed by atoms with van der Waals surface area (Å²) >= 11 is 5.25.